The minimum Gasteiger partial charge on any atom is -0.325 e. The molecule has 1 saturated heterocycles. The Hall–Kier alpha value is -0.570. The van der Waals surface area contributed by atoms with Crippen LogP contribution in [0.1, 0.15) is 52.4 Å². The van der Waals surface area contributed by atoms with E-state index in [0.717, 1.165) is 31.7 Å². The fourth-order valence-corrected chi connectivity index (χ4v) is 3.15. The van der Waals surface area contributed by atoms with Crippen LogP contribution in [0.5, 0.6) is 0 Å². The monoisotopic (exact) mass is 236 g/mol. The van der Waals surface area contributed by atoms with E-state index in [1.807, 2.05) is 0 Å². The molecule has 0 aromatic rings. The van der Waals surface area contributed by atoms with Gasteiger partial charge in [0.1, 0.15) is 0 Å². The van der Waals surface area contributed by atoms with Gasteiger partial charge in [0.15, 0.2) is 0 Å². The fourth-order valence-electron chi connectivity index (χ4n) is 3.15. The zero-order valence-corrected chi connectivity index (χ0v) is 11.0. The van der Waals surface area contributed by atoms with Crippen LogP contribution >= 0.6 is 0 Å². The van der Waals surface area contributed by atoms with Gasteiger partial charge in [0.2, 0.25) is 5.91 Å². The van der Waals surface area contributed by atoms with E-state index < -0.39 is 0 Å². The Morgan fingerprint density at radius 3 is 2.59 bits per heavy atom. The molecule has 2 aliphatic carbocycles. The van der Waals surface area contributed by atoms with E-state index >= 15 is 0 Å². The summed E-state index contributed by atoms with van der Waals surface area (Å²) in [5, 5.41) is 3.60. The minimum atomic E-state index is -0.122. The van der Waals surface area contributed by atoms with Crippen molar-refractivity contribution in [1.82, 2.24) is 10.2 Å². The Labute approximate surface area is 104 Å². The van der Waals surface area contributed by atoms with Crippen LogP contribution in [0.2, 0.25) is 0 Å². The summed E-state index contributed by atoms with van der Waals surface area (Å²) in [5.74, 6) is 1.83. The van der Waals surface area contributed by atoms with Crippen LogP contribution < -0.4 is 5.32 Å². The van der Waals surface area contributed by atoms with E-state index in [9.17, 15) is 4.79 Å². The average molecular weight is 236 g/mol. The van der Waals surface area contributed by atoms with Crippen molar-refractivity contribution in [3.8, 4) is 0 Å². The van der Waals surface area contributed by atoms with Gasteiger partial charge in [0, 0.05) is 6.54 Å². The zero-order valence-electron chi connectivity index (χ0n) is 11.0. The summed E-state index contributed by atoms with van der Waals surface area (Å²) >= 11 is 0. The molecule has 1 atom stereocenters. The maximum Gasteiger partial charge on any atom is 0.244 e. The number of carbonyl (C=O) groups excluding carboxylic acids is 1. The molecular weight excluding hydrogens is 212 g/mol. The van der Waals surface area contributed by atoms with E-state index in [1.165, 1.54) is 19.3 Å². The summed E-state index contributed by atoms with van der Waals surface area (Å²) in [6.45, 7) is 5.49. The van der Waals surface area contributed by atoms with Crippen molar-refractivity contribution in [3.05, 3.63) is 0 Å². The van der Waals surface area contributed by atoms with Crippen molar-refractivity contribution < 1.29 is 4.79 Å². The number of hydrogen-bond donors (Lipinski definition) is 1. The first kappa shape index (κ1) is 11.5. The molecule has 17 heavy (non-hydrogen) atoms. The summed E-state index contributed by atoms with van der Waals surface area (Å²) < 4.78 is 0. The highest BCUT2D eigenvalue weighted by Crippen LogP contribution is 2.44. The Balaban J connectivity index is 1.69. The lowest BCUT2D eigenvalue weighted by Gasteiger charge is -2.33. The van der Waals surface area contributed by atoms with Crippen molar-refractivity contribution >= 4 is 5.91 Å². The standard InChI is InChI=1S/C14H24N2O/c1-10(2)8-12-15-14(6-7-14)13(17)16(12)9-11-4-3-5-11/h10-12,15H,3-9H2,1-2H3. The van der Waals surface area contributed by atoms with Crippen molar-refractivity contribution in [1.29, 1.82) is 0 Å². The van der Waals surface area contributed by atoms with Crippen LogP contribution in [0.4, 0.5) is 0 Å². The highest BCUT2D eigenvalue weighted by molar-refractivity contribution is 5.91. The first-order valence-corrected chi connectivity index (χ1v) is 7.19. The second-order valence-corrected chi connectivity index (χ2v) is 6.63. The molecule has 1 amide bonds. The minimum absolute atomic E-state index is 0.122. The number of rotatable bonds is 4. The second-order valence-electron chi connectivity index (χ2n) is 6.63. The third-order valence-corrected chi connectivity index (χ3v) is 4.61. The lowest BCUT2D eigenvalue weighted by Crippen LogP contribution is -2.42. The molecule has 3 heteroatoms. The molecule has 1 N–H and O–H groups in total. The molecular formula is C14H24N2O. The van der Waals surface area contributed by atoms with Crippen molar-refractivity contribution in [3.63, 3.8) is 0 Å². The fraction of sp³-hybridized carbons (Fsp3) is 0.929. The van der Waals surface area contributed by atoms with Gasteiger partial charge in [-0.2, -0.15) is 0 Å². The van der Waals surface area contributed by atoms with E-state index in [-0.39, 0.29) is 5.54 Å². The molecule has 1 heterocycles. The van der Waals surface area contributed by atoms with E-state index in [4.69, 9.17) is 0 Å². The molecule has 0 radical (unpaired) electrons. The number of carbonyl (C=O) groups is 1. The summed E-state index contributed by atoms with van der Waals surface area (Å²) in [7, 11) is 0. The van der Waals surface area contributed by atoms with Crippen LogP contribution in [-0.4, -0.2) is 29.1 Å². The predicted molar refractivity (Wildman–Crippen MR) is 67.4 cm³/mol. The van der Waals surface area contributed by atoms with Crippen LogP contribution in [0.25, 0.3) is 0 Å². The molecule has 1 unspecified atom stereocenters. The average Bonchev–Trinajstić information content (AvgIpc) is 2.90. The van der Waals surface area contributed by atoms with Gasteiger partial charge in [0.05, 0.1) is 11.7 Å². The summed E-state index contributed by atoms with van der Waals surface area (Å²) in [4.78, 5) is 14.6. The van der Waals surface area contributed by atoms with Crippen molar-refractivity contribution in [2.45, 2.75) is 64.1 Å². The van der Waals surface area contributed by atoms with E-state index in [0.29, 0.717) is 18.0 Å². The first-order chi connectivity index (χ1) is 8.11. The molecule has 1 spiro atoms. The Morgan fingerprint density at radius 2 is 2.12 bits per heavy atom. The molecule has 3 nitrogen and oxygen atoms in total. The molecule has 2 saturated carbocycles. The van der Waals surface area contributed by atoms with Gasteiger partial charge >= 0.3 is 0 Å². The molecule has 3 rings (SSSR count). The Morgan fingerprint density at radius 1 is 1.41 bits per heavy atom. The SMILES string of the molecule is CC(C)CC1NC2(CC2)C(=O)N1CC1CCC1. The van der Waals surface area contributed by atoms with Gasteiger partial charge in [-0.3, -0.25) is 10.1 Å². The molecule has 0 aromatic heterocycles. The number of amides is 1. The lowest BCUT2D eigenvalue weighted by atomic mass is 9.85. The topological polar surface area (TPSA) is 32.3 Å². The quantitative estimate of drug-likeness (QED) is 0.811. The molecule has 3 fully saturated rings. The zero-order chi connectivity index (χ0) is 12.0. The summed E-state index contributed by atoms with van der Waals surface area (Å²) in [6.07, 6.45) is 7.53. The highest BCUT2D eigenvalue weighted by atomic mass is 16.2. The third-order valence-electron chi connectivity index (χ3n) is 4.61. The van der Waals surface area contributed by atoms with Crippen molar-refractivity contribution in [2.24, 2.45) is 11.8 Å². The molecule has 0 aromatic carbocycles. The maximum atomic E-state index is 12.4. The van der Waals surface area contributed by atoms with Gasteiger partial charge in [-0.05, 0) is 43.9 Å². The lowest BCUT2D eigenvalue weighted by molar-refractivity contribution is -0.131. The van der Waals surface area contributed by atoms with Gasteiger partial charge in [-0.1, -0.05) is 20.3 Å². The normalized spacial score (nSPS) is 31.4. The molecule has 3 aliphatic rings. The van der Waals surface area contributed by atoms with Crippen LogP contribution in [-0.2, 0) is 4.79 Å². The Bertz CT molecular complexity index is 318. The van der Waals surface area contributed by atoms with Crippen molar-refractivity contribution in [2.75, 3.05) is 6.54 Å². The second kappa shape index (κ2) is 3.98. The maximum absolute atomic E-state index is 12.4. The summed E-state index contributed by atoms with van der Waals surface area (Å²) in [5.41, 5.74) is -0.122. The number of hydrogen-bond acceptors (Lipinski definition) is 2. The van der Waals surface area contributed by atoms with Gasteiger partial charge in [-0.15, -0.1) is 0 Å². The highest BCUT2D eigenvalue weighted by Gasteiger charge is 2.59. The third kappa shape index (κ3) is 1.99. The number of nitrogens with one attached hydrogen (secondary N) is 1. The molecule has 96 valence electrons. The van der Waals surface area contributed by atoms with Crippen LogP contribution in [0.3, 0.4) is 0 Å². The van der Waals surface area contributed by atoms with Gasteiger partial charge in [0.25, 0.3) is 0 Å². The van der Waals surface area contributed by atoms with Gasteiger partial charge < -0.3 is 4.90 Å². The number of nitrogens with zero attached hydrogens (tertiary/aromatic N) is 1. The first-order valence-electron chi connectivity index (χ1n) is 7.19. The van der Waals surface area contributed by atoms with E-state index in [1.54, 1.807) is 0 Å². The molecule has 0 bridgehead atoms. The van der Waals surface area contributed by atoms with Crippen LogP contribution in [0, 0.1) is 11.8 Å². The van der Waals surface area contributed by atoms with Crippen LogP contribution in [0.15, 0.2) is 0 Å². The Kier molecular flexibility index (Phi) is 2.69. The smallest absolute Gasteiger partial charge is 0.244 e. The largest absolute Gasteiger partial charge is 0.325 e. The van der Waals surface area contributed by atoms with Gasteiger partial charge in [-0.25, -0.2) is 0 Å². The molecule has 1 aliphatic heterocycles. The summed E-state index contributed by atoms with van der Waals surface area (Å²) in [6, 6.07) is 0. The predicted octanol–water partition coefficient (Wildman–Crippen LogP) is 2.12. The van der Waals surface area contributed by atoms with E-state index in [2.05, 4.69) is 24.1 Å².